The molecule has 3 aliphatic rings. The minimum atomic E-state index is -0.986. The Morgan fingerprint density at radius 3 is 2.33 bits per heavy atom. The molecule has 0 saturated carbocycles. The van der Waals surface area contributed by atoms with Gasteiger partial charge in [0.25, 0.3) is 5.56 Å². The van der Waals surface area contributed by atoms with Crippen molar-refractivity contribution in [2.45, 2.75) is 95.7 Å². The number of benzene rings is 2. The van der Waals surface area contributed by atoms with Gasteiger partial charge in [0.2, 0.25) is 18.3 Å². The molecule has 320 valence electrons. The van der Waals surface area contributed by atoms with Gasteiger partial charge in [-0.15, -0.1) is 6.58 Å². The molecule has 1 aliphatic carbocycles. The van der Waals surface area contributed by atoms with Crippen molar-refractivity contribution in [1.82, 2.24) is 34.9 Å². The molecule has 4 N–H and O–H groups in total. The van der Waals surface area contributed by atoms with E-state index in [0.29, 0.717) is 72.5 Å². The van der Waals surface area contributed by atoms with Gasteiger partial charge in [-0.05, 0) is 123 Å². The minimum Gasteiger partial charge on any atom is -0.384 e. The van der Waals surface area contributed by atoms with Gasteiger partial charge in [-0.3, -0.25) is 19.7 Å². The molecule has 2 unspecified atom stereocenters. The standard InChI is InChI=1S/C47H58N10O4/c1-4-24-56-45(60)40-30-49-46(53-44(40)57(56)41-16-9-35-18-23-47(61,5-2)43(35)52-41)51-37-10-14-39(15-11-37)54-25-19-33(20-26-54)29-48-36-21-27-55(28-22-36)38-12-7-34(8-13-38)32(3)6-17-42(59)50-31-58/h4,7-16,30-33,36,48,61H,1,5-6,17-29H2,2-3H3,(H,49,51,53)(H,50,58,59). The summed E-state index contributed by atoms with van der Waals surface area (Å²) in [6, 6.07) is 21.5. The van der Waals surface area contributed by atoms with E-state index in [1.165, 1.54) is 16.9 Å². The van der Waals surface area contributed by atoms with Crippen LogP contribution in [-0.2, 0) is 28.2 Å². The number of rotatable bonds is 16. The average molecular weight is 827 g/mol. The summed E-state index contributed by atoms with van der Waals surface area (Å²) in [5, 5.41) is 21.1. The SMILES string of the molecule is C=CCn1c(=O)c2cnc(Nc3ccc(N4CCC(CNC5CCN(c6ccc(C(C)CCC(=O)NC=O)cc6)CC5)CC4)cc3)nc2n1-c1ccc2c(n1)C(O)(CC)CC2. The maximum atomic E-state index is 13.5. The fraction of sp³-hybridized carbons (Fsp3) is 0.447. The molecule has 5 aromatic rings. The lowest BCUT2D eigenvalue weighted by Gasteiger charge is -2.37. The largest absolute Gasteiger partial charge is 0.384 e. The van der Waals surface area contributed by atoms with E-state index in [-0.39, 0.29) is 23.9 Å². The highest BCUT2D eigenvalue weighted by molar-refractivity contribution is 5.85. The lowest BCUT2D eigenvalue weighted by molar-refractivity contribution is -0.125. The molecule has 3 aromatic heterocycles. The van der Waals surface area contributed by atoms with Crippen LogP contribution in [0.25, 0.3) is 16.9 Å². The van der Waals surface area contributed by atoms with E-state index in [1.54, 1.807) is 21.6 Å². The number of piperidine rings is 2. The Bertz CT molecular complexity index is 2400. The van der Waals surface area contributed by atoms with Crippen LogP contribution >= 0.6 is 0 Å². The summed E-state index contributed by atoms with van der Waals surface area (Å²) in [4.78, 5) is 54.8. The highest BCUT2D eigenvalue weighted by Gasteiger charge is 2.37. The first-order valence-electron chi connectivity index (χ1n) is 21.9. The molecule has 2 fully saturated rings. The van der Waals surface area contributed by atoms with Crippen molar-refractivity contribution in [3.8, 4) is 5.82 Å². The summed E-state index contributed by atoms with van der Waals surface area (Å²) in [5.74, 6) is 1.56. The van der Waals surface area contributed by atoms with Crippen molar-refractivity contribution in [3.05, 3.63) is 107 Å². The predicted octanol–water partition coefficient (Wildman–Crippen LogP) is 6.08. The second kappa shape index (κ2) is 18.4. The first kappa shape index (κ1) is 41.9. The molecule has 14 nitrogen and oxygen atoms in total. The summed E-state index contributed by atoms with van der Waals surface area (Å²) in [5.41, 5.74) is 5.40. The number of hydrogen-bond donors (Lipinski definition) is 4. The zero-order chi connectivity index (χ0) is 42.5. The topological polar surface area (TPSA) is 163 Å². The van der Waals surface area contributed by atoms with Crippen molar-refractivity contribution >= 4 is 46.4 Å². The van der Waals surface area contributed by atoms with Crippen LogP contribution in [0, 0.1) is 5.92 Å². The molecule has 2 saturated heterocycles. The Labute approximate surface area is 357 Å². The lowest BCUT2D eigenvalue weighted by Crippen LogP contribution is -2.45. The van der Waals surface area contributed by atoms with E-state index in [9.17, 15) is 19.5 Å². The number of aliphatic hydroxyl groups is 1. The maximum absolute atomic E-state index is 13.5. The number of allylic oxidation sites excluding steroid dienone is 1. The van der Waals surface area contributed by atoms with E-state index in [0.717, 1.165) is 76.1 Å². The number of imide groups is 1. The fourth-order valence-corrected chi connectivity index (χ4v) is 9.23. The molecule has 0 radical (unpaired) electrons. The summed E-state index contributed by atoms with van der Waals surface area (Å²) in [7, 11) is 0. The van der Waals surface area contributed by atoms with Crippen LogP contribution in [0.4, 0.5) is 23.0 Å². The van der Waals surface area contributed by atoms with Crippen LogP contribution in [0.3, 0.4) is 0 Å². The highest BCUT2D eigenvalue weighted by Crippen LogP contribution is 2.38. The molecular formula is C47H58N10O4. The number of hydrogen-bond acceptors (Lipinski definition) is 11. The quantitative estimate of drug-likeness (QED) is 0.0674. The number of pyridine rings is 1. The third kappa shape index (κ3) is 9.11. The van der Waals surface area contributed by atoms with Gasteiger partial charge in [0, 0.05) is 61.9 Å². The normalized spacial score (nSPS) is 18.9. The Morgan fingerprint density at radius 1 is 0.967 bits per heavy atom. The van der Waals surface area contributed by atoms with E-state index in [2.05, 4.69) is 80.6 Å². The number of fused-ring (bicyclic) bond motifs is 2. The smallest absolute Gasteiger partial charge is 0.278 e. The van der Waals surface area contributed by atoms with Crippen molar-refractivity contribution in [2.24, 2.45) is 5.92 Å². The Morgan fingerprint density at radius 2 is 1.66 bits per heavy atom. The monoisotopic (exact) mass is 826 g/mol. The highest BCUT2D eigenvalue weighted by atomic mass is 16.3. The summed E-state index contributed by atoms with van der Waals surface area (Å²) < 4.78 is 3.27. The molecule has 61 heavy (non-hydrogen) atoms. The number of amides is 2. The molecule has 8 rings (SSSR count). The van der Waals surface area contributed by atoms with Crippen LogP contribution in [0.2, 0.25) is 0 Å². The van der Waals surface area contributed by atoms with Crippen molar-refractivity contribution in [2.75, 3.05) is 47.8 Å². The molecule has 2 amide bonds. The zero-order valence-electron chi connectivity index (χ0n) is 35.4. The predicted molar refractivity (Wildman–Crippen MR) is 240 cm³/mol. The van der Waals surface area contributed by atoms with Gasteiger partial charge in [0.15, 0.2) is 11.5 Å². The summed E-state index contributed by atoms with van der Waals surface area (Å²) in [6.45, 7) is 13.4. The maximum Gasteiger partial charge on any atom is 0.278 e. The van der Waals surface area contributed by atoms with Crippen LogP contribution in [0.15, 0.2) is 84.3 Å². The fourth-order valence-electron chi connectivity index (χ4n) is 9.23. The molecular weight excluding hydrogens is 769 g/mol. The summed E-state index contributed by atoms with van der Waals surface area (Å²) in [6.07, 6.45) is 11.2. The number of carbonyl (C=O) groups excluding carboxylic acids is 2. The number of aromatic nitrogens is 5. The summed E-state index contributed by atoms with van der Waals surface area (Å²) >= 11 is 0. The van der Waals surface area contributed by atoms with E-state index in [1.807, 2.05) is 31.2 Å². The third-order valence-electron chi connectivity index (χ3n) is 13.1. The van der Waals surface area contributed by atoms with E-state index in [4.69, 9.17) is 9.97 Å². The minimum absolute atomic E-state index is 0.231. The first-order chi connectivity index (χ1) is 29.7. The third-order valence-corrected chi connectivity index (χ3v) is 13.1. The van der Waals surface area contributed by atoms with Crippen LogP contribution in [-0.4, -0.2) is 80.5 Å². The molecule has 14 heteroatoms. The number of carbonyl (C=O) groups is 2. The number of anilines is 4. The van der Waals surface area contributed by atoms with Gasteiger partial charge in [-0.25, -0.2) is 19.3 Å². The Hall–Kier alpha value is -5.86. The molecule has 2 aromatic carbocycles. The molecule has 0 bridgehead atoms. The van der Waals surface area contributed by atoms with Crippen molar-refractivity contribution < 1.29 is 14.7 Å². The van der Waals surface area contributed by atoms with E-state index >= 15 is 0 Å². The van der Waals surface area contributed by atoms with Gasteiger partial charge in [0.1, 0.15) is 11.0 Å². The average Bonchev–Trinajstić information content (AvgIpc) is 3.77. The Kier molecular flexibility index (Phi) is 12.6. The first-order valence-corrected chi connectivity index (χ1v) is 21.9. The second-order valence-corrected chi connectivity index (χ2v) is 17.0. The van der Waals surface area contributed by atoms with Gasteiger partial charge in [0.05, 0.1) is 12.2 Å². The number of aryl methyl sites for hydroxylation is 1. The lowest BCUT2D eigenvalue weighted by atomic mass is 9.94. The number of nitrogens with one attached hydrogen (secondary N) is 3. The van der Waals surface area contributed by atoms with Crippen molar-refractivity contribution in [1.29, 1.82) is 0 Å². The second-order valence-electron chi connectivity index (χ2n) is 17.0. The van der Waals surface area contributed by atoms with Crippen LogP contribution < -0.4 is 31.3 Å². The molecule has 2 atom stereocenters. The number of nitrogens with zero attached hydrogens (tertiary/aromatic N) is 7. The van der Waals surface area contributed by atoms with E-state index < -0.39 is 5.60 Å². The van der Waals surface area contributed by atoms with Gasteiger partial charge >= 0.3 is 0 Å². The van der Waals surface area contributed by atoms with Gasteiger partial charge in [-0.2, -0.15) is 4.98 Å². The molecule has 5 heterocycles. The van der Waals surface area contributed by atoms with Gasteiger partial charge in [-0.1, -0.05) is 38.1 Å². The van der Waals surface area contributed by atoms with Crippen LogP contribution in [0.5, 0.6) is 0 Å². The van der Waals surface area contributed by atoms with Gasteiger partial charge < -0.3 is 25.5 Å². The van der Waals surface area contributed by atoms with Crippen molar-refractivity contribution in [3.63, 3.8) is 0 Å². The van der Waals surface area contributed by atoms with Crippen LogP contribution in [0.1, 0.15) is 88.0 Å². The zero-order valence-corrected chi connectivity index (χ0v) is 35.4. The Balaban J connectivity index is 0.819. The molecule has 0 spiro atoms. The molecule has 2 aliphatic heterocycles.